The Hall–Kier alpha value is -1.27. The Bertz CT molecular complexity index is 485. The number of aromatic hydroxyl groups is 1. The monoisotopic (exact) mass is 243 g/mol. The average molecular weight is 243 g/mol. The van der Waals surface area contributed by atoms with Crippen molar-refractivity contribution in [3.8, 4) is 5.75 Å². The van der Waals surface area contributed by atoms with E-state index in [4.69, 9.17) is 0 Å². The van der Waals surface area contributed by atoms with E-state index in [1.54, 1.807) is 18.2 Å². The highest BCUT2D eigenvalue weighted by Crippen LogP contribution is 2.25. The Kier molecular flexibility index (Phi) is 2.77. The fourth-order valence-electron chi connectivity index (χ4n) is 1.76. The van der Waals surface area contributed by atoms with Crippen LogP contribution in [0.3, 0.4) is 0 Å². The Morgan fingerprint density at radius 2 is 1.94 bits per heavy atom. The molecule has 0 bridgehead atoms. The maximum Gasteiger partial charge on any atom is 0.155 e. The lowest BCUT2D eigenvalue weighted by atomic mass is 10.2. The first-order chi connectivity index (χ1) is 7.48. The van der Waals surface area contributed by atoms with Crippen LogP contribution in [-0.2, 0) is 9.84 Å². The minimum atomic E-state index is -3.17. The molecule has 1 aliphatic rings. The maximum absolute atomic E-state index is 11.3. The van der Waals surface area contributed by atoms with E-state index >= 15 is 0 Å². The molecule has 0 spiro atoms. The summed E-state index contributed by atoms with van der Waals surface area (Å²) in [4.78, 5) is 0. The van der Waals surface area contributed by atoms with Crippen LogP contribution < -0.4 is 5.32 Å². The van der Waals surface area contributed by atoms with Gasteiger partial charge in [0.05, 0.1) is 29.3 Å². The second-order valence-corrected chi connectivity index (χ2v) is 6.07. The Morgan fingerprint density at radius 3 is 2.50 bits per heavy atom. The number of anilines is 1. The predicted molar refractivity (Wildman–Crippen MR) is 60.2 cm³/mol. The van der Waals surface area contributed by atoms with Crippen molar-refractivity contribution in [3.63, 3.8) is 0 Å². The van der Waals surface area contributed by atoms with E-state index in [2.05, 4.69) is 5.32 Å². The Morgan fingerprint density at radius 1 is 1.25 bits per heavy atom. The number of hydrogen-bond donors (Lipinski definition) is 3. The number of para-hydroxylation sites is 2. The second-order valence-electron chi connectivity index (χ2n) is 3.91. The van der Waals surface area contributed by atoms with E-state index in [9.17, 15) is 18.6 Å². The molecule has 1 aliphatic heterocycles. The molecule has 2 rings (SSSR count). The van der Waals surface area contributed by atoms with Crippen LogP contribution in [0, 0.1) is 0 Å². The molecule has 2 unspecified atom stereocenters. The highest BCUT2D eigenvalue weighted by Gasteiger charge is 2.36. The molecule has 0 aromatic heterocycles. The molecule has 0 radical (unpaired) electrons. The molecule has 1 heterocycles. The third kappa shape index (κ3) is 2.28. The van der Waals surface area contributed by atoms with Gasteiger partial charge in [0.25, 0.3) is 0 Å². The van der Waals surface area contributed by atoms with Gasteiger partial charge in [0.1, 0.15) is 5.75 Å². The molecule has 3 N–H and O–H groups in total. The van der Waals surface area contributed by atoms with E-state index in [0.717, 1.165) is 0 Å². The van der Waals surface area contributed by atoms with Crippen LogP contribution in [0.5, 0.6) is 5.75 Å². The minimum absolute atomic E-state index is 0.0407. The lowest BCUT2D eigenvalue weighted by Crippen LogP contribution is -2.31. The van der Waals surface area contributed by atoms with Crippen LogP contribution in [0.2, 0.25) is 0 Å². The standard InChI is InChI=1S/C10H13NO4S/c12-9-4-2-1-3-7(9)11-8-5-16(14,15)6-10(8)13/h1-4,8,10-13H,5-6H2. The van der Waals surface area contributed by atoms with Crippen LogP contribution in [0.4, 0.5) is 5.69 Å². The fourth-order valence-corrected chi connectivity index (χ4v) is 3.50. The summed E-state index contributed by atoms with van der Waals surface area (Å²) in [5.41, 5.74) is 0.434. The van der Waals surface area contributed by atoms with Crippen molar-refractivity contribution >= 4 is 15.5 Å². The van der Waals surface area contributed by atoms with Crippen molar-refractivity contribution in [1.29, 1.82) is 0 Å². The van der Waals surface area contributed by atoms with Gasteiger partial charge in [-0.1, -0.05) is 12.1 Å². The van der Waals surface area contributed by atoms with Crippen LogP contribution in [0.25, 0.3) is 0 Å². The number of phenols is 1. The van der Waals surface area contributed by atoms with E-state index in [-0.39, 0.29) is 17.3 Å². The van der Waals surface area contributed by atoms with Gasteiger partial charge in [-0.2, -0.15) is 0 Å². The van der Waals surface area contributed by atoms with Crippen molar-refractivity contribution in [1.82, 2.24) is 0 Å². The molecule has 1 aromatic carbocycles. The van der Waals surface area contributed by atoms with Gasteiger partial charge in [-0.15, -0.1) is 0 Å². The number of aliphatic hydroxyl groups is 1. The van der Waals surface area contributed by atoms with Crippen molar-refractivity contribution in [3.05, 3.63) is 24.3 Å². The number of phenolic OH excluding ortho intramolecular Hbond substituents is 1. The summed E-state index contributed by atoms with van der Waals surface area (Å²) in [5.74, 6) is -0.292. The summed E-state index contributed by atoms with van der Waals surface area (Å²) < 4.78 is 22.5. The maximum atomic E-state index is 11.3. The highest BCUT2D eigenvalue weighted by molar-refractivity contribution is 7.91. The minimum Gasteiger partial charge on any atom is -0.506 e. The lowest BCUT2D eigenvalue weighted by molar-refractivity contribution is 0.190. The van der Waals surface area contributed by atoms with Gasteiger partial charge in [-0.25, -0.2) is 8.42 Å². The van der Waals surface area contributed by atoms with Crippen LogP contribution in [-0.4, -0.2) is 42.3 Å². The zero-order valence-corrected chi connectivity index (χ0v) is 9.31. The first-order valence-corrected chi connectivity index (χ1v) is 6.73. The Balaban J connectivity index is 2.15. The largest absolute Gasteiger partial charge is 0.506 e. The zero-order valence-electron chi connectivity index (χ0n) is 8.50. The van der Waals surface area contributed by atoms with Gasteiger partial charge in [0, 0.05) is 0 Å². The molecule has 2 atom stereocenters. The predicted octanol–water partition coefficient (Wildman–Crippen LogP) is -0.0380. The number of hydrogen-bond acceptors (Lipinski definition) is 5. The molecule has 5 nitrogen and oxygen atoms in total. The molecule has 1 fully saturated rings. The van der Waals surface area contributed by atoms with Crippen molar-refractivity contribution < 1.29 is 18.6 Å². The highest BCUT2D eigenvalue weighted by atomic mass is 32.2. The summed E-state index contributed by atoms with van der Waals surface area (Å²) >= 11 is 0. The summed E-state index contributed by atoms with van der Waals surface area (Å²) in [5, 5.41) is 21.9. The molecular formula is C10H13NO4S. The van der Waals surface area contributed by atoms with Gasteiger partial charge in [-0.05, 0) is 12.1 Å². The second kappa shape index (κ2) is 3.95. The average Bonchev–Trinajstić information content (AvgIpc) is 2.44. The van der Waals surface area contributed by atoms with E-state index < -0.39 is 22.0 Å². The molecule has 16 heavy (non-hydrogen) atoms. The first-order valence-electron chi connectivity index (χ1n) is 4.91. The number of benzene rings is 1. The van der Waals surface area contributed by atoms with Crippen molar-refractivity contribution in [2.75, 3.05) is 16.8 Å². The summed E-state index contributed by atoms with van der Waals surface area (Å²) in [6, 6.07) is 5.96. The number of sulfone groups is 1. The molecule has 0 aliphatic carbocycles. The quantitative estimate of drug-likeness (QED) is 0.635. The van der Waals surface area contributed by atoms with Crippen LogP contribution in [0.1, 0.15) is 0 Å². The van der Waals surface area contributed by atoms with Gasteiger partial charge < -0.3 is 15.5 Å². The smallest absolute Gasteiger partial charge is 0.155 e. The zero-order chi connectivity index (χ0) is 11.8. The molecule has 0 amide bonds. The third-order valence-electron chi connectivity index (χ3n) is 2.57. The van der Waals surface area contributed by atoms with Gasteiger partial charge in [-0.3, -0.25) is 0 Å². The molecule has 1 aromatic rings. The SMILES string of the molecule is O=S1(=O)CC(O)C(Nc2ccccc2O)C1. The molecule has 88 valence electrons. The lowest BCUT2D eigenvalue weighted by Gasteiger charge is -2.16. The van der Waals surface area contributed by atoms with Crippen LogP contribution in [0.15, 0.2) is 24.3 Å². The summed E-state index contributed by atoms with van der Waals surface area (Å²) in [7, 11) is -3.17. The molecule has 0 saturated carbocycles. The summed E-state index contributed by atoms with van der Waals surface area (Å²) in [6.07, 6.45) is -0.926. The Labute approximate surface area is 93.6 Å². The number of aliphatic hydroxyl groups excluding tert-OH is 1. The normalized spacial score (nSPS) is 27.8. The van der Waals surface area contributed by atoms with Crippen molar-refractivity contribution in [2.45, 2.75) is 12.1 Å². The molecule has 6 heteroatoms. The topological polar surface area (TPSA) is 86.6 Å². The third-order valence-corrected chi connectivity index (χ3v) is 4.28. The van der Waals surface area contributed by atoms with E-state index in [1.165, 1.54) is 6.07 Å². The fraction of sp³-hybridized carbons (Fsp3) is 0.400. The summed E-state index contributed by atoms with van der Waals surface area (Å²) in [6.45, 7) is 0. The van der Waals surface area contributed by atoms with Crippen LogP contribution >= 0.6 is 0 Å². The van der Waals surface area contributed by atoms with Gasteiger partial charge in [0.2, 0.25) is 0 Å². The molecule has 1 saturated heterocycles. The van der Waals surface area contributed by atoms with Gasteiger partial charge in [0.15, 0.2) is 9.84 Å². The van der Waals surface area contributed by atoms with Crippen molar-refractivity contribution in [2.24, 2.45) is 0 Å². The van der Waals surface area contributed by atoms with Gasteiger partial charge >= 0.3 is 0 Å². The number of nitrogens with one attached hydrogen (secondary N) is 1. The molecular weight excluding hydrogens is 230 g/mol. The van der Waals surface area contributed by atoms with E-state index in [0.29, 0.717) is 5.69 Å². The number of rotatable bonds is 2. The first kappa shape index (κ1) is 11.2. The van der Waals surface area contributed by atoms with E-state index in [1.807, 2.05) is 0 Å².